The maximum Gasteiger partial charge on any atom is 0.350 e. The minimum Gasteiger partial charge on any atom is -0.385 e. The number of anilines is 1. The van der Waals surface area contributed by atoms with E-state index < -0.39 is 52.1 Å². The van der Waals surface area contributed by atoms with Gasteiger partial charge in [-0.2, -0.15) is 0 Å². The molecule has 1 N–H and O–H groups in total. The smallest absolute Gasteiger partial charge is 0.350 e. The summed E-state index contributed by atoms with van der Waals surface area (Å²) in [5.74, 6) is -8.98. The predicted octanol–water partition coefficient (Wildman–Crippen LogP) is 2.67. The van der Waals surface area contributed by atoms with Gasteiger partial charge in [-0.25, -0.2) is 22.8 Å². The summed E-state index contributed by atoms with van der Waals surface area (Å²) in [7, 11) is 0. The molecular weight excluding hydrogens is 315 g/mol. The zero-order chi connectivity index (χ0) is 16.7. The summed E-state index contributed by atoms with van der Waals surface area (Å²) in [4.78, 5) is 34.6. The van der Waals surface area contributed by atoms with Crippen LogP contribution in [-0.2, 0) is 4.74 Å². The van der Waals surface area contributed by atoms with Crippen molar-refractivity contribution in [2.45, 2.75) is 0 Å². The SMILES string of the molecule is O=C(Nc1c(F)c(F)c2c(c1F)C(=O)OC2=O)c1ccccc1. The van der Waals surface area contributed by atoms with Gasteiger partial charge in [0, 0.05) is 5.56 Å². The number of benzene rings is 2. The zero-order valence-electron chi connectivity index (χ0n) is 11.2. The number of esters is 2. The van der Waals surface area contributed by atoms with Gasteiger partial charge in [-0.05, 0) is 12.1 Å². The Morgan fingerprint density at radius 1 is 0.870 bits per heavy atom. The lowest BCUT2D eigenvalue weighted by molar-refractivity contribution is 0.0440. The van der Waals surface area contributed by atoms with Gasteiger partial charge in [0.25, 0.3) is 5.91 Å². The molecule has 116 valence electrons. The van der Waals surface area contributed by atoms with E-state index in [1.165, 1.54) is 24.3 Å². The summed E-state index contributed by atoms with van der Waals surface area (Å²) in [5, 5.41) is 1.85. The summed E-state index contributed by atoms with van der Waals surface area (Å²) in [6.45, 7) is 0. The molecule has 0 aliphatic carbocycles. The molecule has 2 aromatic rings. The highest BCUT2D eigenvalue weighted by molar-refractivity contribution is 6.16. The molecule has 0 atom stereocenters. The van der Waals surface area contributed by atoms with E-state index in [9.17, 15) is 27.6 Å². The van der Waals surface area contributed by atoms with E-state index in [4.69, 9.17) is 0 Å². The van der Waals surface area contributed by atoms with Crippen LogP contribution in [0.4, 0.5) is 18.9 Å². The molecule has 3 rings (SSSR count). The van der Waals surface area contributed by atoms with Gasteiger partial charge in [-0.1, -0.05) is 18.2 Å². The minimum atomic E-state index is -1.79. The average Bonchev–Trinajstić information content (AvgIpc) is 2.84. The van der Waals surface area contributed by atoms with E-state index >= 15 is 0 Å². The van der Waals surface area contributed by atoms with Crippen molar-refractivity contribution in [3.8, 4) is 0 Å². The van der Waals surface area contributed by atoms with Crippen LogP contribution < -0.4 is 5.32 Å². The third kappa shape index (κ3) is 2.24. The van der Waals surface area contributed by atoms with Gasteiger partial charge in [0.2, 0.25) is 0 Å². The zero-order valence-corrected chi connectivity index (χ0v) is 11.2. The van der Waals surface area contributed by atoms with Crippen molar-refractivity contribution in [2.75, 3.05) is 5.32 Å². The van der Waals surface area contributed by atoms with Gasteiger partial charge in [0.05, 0.1) is 0 Å². The number of carbonyl (C=O) groups excluding carboxylic acids is 3. The van der Waals surface area contributed by atoms with Crippen molar-refractivity contribution >= 4 is 23.5 Å². The summed E-state index contributed by atoms with van der Waals surface area (Å²) in [6.07, 6.45) is 0. The van der Waals surface area contributed by atoms with E-state index in [1.807, 2.05) is 5.32 Å². The summed E-state index contributed by atoms with van der Waals surface area (Å²) >= 11 is 0. The van der Waals surface area contributed by atoms with Gasteiger partial charge >= 0.3 is 11.9 Å². The highest BCUT2D eigenvalue weighted by Gasteiger charge is 2.40. The molecule has 1 aliphatic heterocycles. The maximum atomic E-state index is 14.2. The molecule has 1 aliphatic rings. The van der Waals surface area contributed by atoms with Crippen LogP contribution in [0.15, 0.2) is 30.3 Å². The maximum absolute atomic E-state index is 14.2. The fraction of sp³-hybridized carbons (Fsp3) is 0. The van der Waals surface area contributed by atoms with E-state index in [0.717, 1.165) is 0 Å². The topological polar surface area (TPSA) is 72.5 Å². The average molecular weight is 321 g/mol. The first-order valence-electron chi connectivity index (χ1n) is 6.25. The number of carbonyl (C=O) groups is 3. The third-order valence-electron chi connectivity index (χ3n) is 3.19. The predicted molar refractivity (Wildman–Crippen MR) is 70.5 cm³/mol. The molecule has 0 fully saturated rings. The van der Waals surface area contributed by atoms with Crippen LogP contribution in [0.5, 0.6) is 0 Å². The Balaban J connectivity index is 2.10. The molecule has 2 aromatic carbocycles. The standard InChI is InChI=1S/C15H6F3NO4/c16-9-7-8(15(22)23-14(7)21)10(17)12(11(9)18)19-13(20)6-4-2-1-3-5-6/h1-5H,(H,19,20). The molecule has 0 unspecified atom stereocenters. The molecule has 8 heteroatoms. The Bertz CT molecular complexity index is 865. The number of nitrogens with one attached hydrogen (secondary N) is 1. The van der Waals surface area contributed by atoms with Crippen LogP contribution >= 0.6 is 0 Å². The number of amides is 1. The fourth-order valence-electron chi connectivity index (χ4n) is 2.11. The fourth-order valence-corrected chi connectivity index (χ4v) is 2.11. The van der Waals surface area contributed by atoms with Crippen LogP contribution in [0.25, 0.3) is 0 Å². The molecule has 0 saturated carbocycles. The van der Waals surface area contributed by atoms with Crippen LogP contribution in [0.1, 0.15) is 31.1 Å². The minimum absolute atomic E-state index is 0.0610. The highest BCUT2D eigenvalue weighted by atomic mass is 19.2. The van der Waals surface area contributed by atoms with Crippen molar-refractivity contribution in [2.24, 2.45) is 0 Å². The Kier molecular flexibility index (Phi) is 3.36. The molecule has 23 heavy (non-hydrogen) atoms. The molecule has 0 saturated heterocycles. The number of halogens is 3. The highest BCUT2D eigenvalue weighted by Crippen LogP contribution is 2.33. The largest absolute Gasteiger partial charge is 0.385 e. The summed E-state index contributed by atoms with van der Waals surface area (Å²) in [5.41, 5.74) is -3.27. The molecule has 1 heterocycles. The van der Waals surface area contributed by atoms with Crippen molar-refractivity contribution in [1.82, 2.24) is 0 Å². The van der Waals surface area contributed by atoms with Crippen molar-refractivity contribution in [3.63, 3.8) is 0 Å². The molecule has 5 nitrogen and oxygen atoms in total. The Labute approximate surface area is 126 Å². The third-order valence-corrected chi connectivity index (χ3v) is 3.19. The Morgan fingerprint density at radius 3 is 2.04 bits per heavy atom. The Morgan fingerprint density at radius 2 is 1.43 bits per heavy atom. The first kappa shape index (κ1) is 14.8. The van der Waals surface area contributed by atoms with Crippen molar-refractivity contribution < 1.29 is 32.3 Å². The van der Waals surface area contributed by atoms with Crippen molar-refractivity contribution in [1.29, 1.82) is 0 Å². The van der Waals surface area contributed by atoms with E-state index in [1.54, 1.807) is 6.07 Å². The Hall–Kier alpha value is -3.16. The number of hydrogen-bond donors (Lipinski definition) is 1. The first-order valence-corrected chi connectivity index (χ1v) is 6.25. The van der Waals surface area contributed by atoms with Gasteiger partial charge < -0.3 is 10.1 Å². The summed E-state index contributed by atoms with van der Waals surface area (Å²) < 4.78 is 46.1. The molecule has 0 bridgehead atoms. The second kappa shape index (κ2) is 5.24. The lowest BCUT2D eigenvalue weighted by Crippen LogP contribution is -2.17. The van der Waals surface area contributed by atoms with Crippen LogP contribution in [0.2, 0.25) is 0 Å². The first-order chi connectivity index (χ1) is 10.9. The molecule has 0 spiro atoms. The molecule has 0 aromatic heterocycles. The lowest BCUT2D eigenvalue weighted by Gasteiger charge is -2.10. The molecular formula is C15H6F3NO4. The van der Waals surface area contributed by atoms with Gasteiger partial charge in [-0.15, -0.1) is 0 Å². The lowest BCUT2D eigenvalue weighted by atomic mass is 10.1. The van der Waals surface area contributed by atoms with Crippen molar-refractivity contribution in [3.05, 3.63) is 64.5 Å². The van der Waals surface area contributed by atoms with E-state index in [2.05, 4.69) is 4.74 Å². The van der Waals surface area contributed by atoms with E-state index in [-0.39, 0.29) is 5.56 Å². The normalized spacial score (nSPS) is 12.8. The monoisotopic (exact) mass is 321 g/mol. The van der Waals surface area contributed by atoms with Gasteiger partial charge in [-0.3, -0.25) is 4.79 Å². The number of ether oxygens (including phenoxy) is 1. The molecule has 0 radical (unpaired) electrons. The summed E-state index contributed by atoms with van der Waals surface area (Å²) in [6, 6.07) is 7.38. The van der Waals surface area contributed by atoms with Gasteiger partial charge in [0.1, 0.15) is 16.8 Å². The number of cyclic esters (lactones) is 2. The second-order valence-corrected chi connectivity index (χ2v) is 4.56. The quantitative estimate of drug-likeness (QED) is 0.524. The van der Waals surface area contributed by atoms with Crippen LogP contribution in [-0.4, -0.2) is 17.8 Å². The van der Waals surface area contributed by atoms with Crippen LogP contribution in [0, 0.1) is 17.5 Å². The van der Waals surface area contributed by atoms with E-state index in [0.29, 0.717) is 0 Å². The van der Waals surface area contributed by atoms with Gasteiger partial charge in [0.15, 0.2) is 17.5 Å². The molecule has 1 amide bonds. The number of hydrogen-bond acceptors (Lipinski definition) is 4. The number of rotatable bonds is 2. The second-order valence-electron chi connectivity index (χ2n) is 4.56. The number of fused-ring (bicyclic) bond motifs is 1. The van der Waals surface area contributed by atoms with Crippen LogP contribution in [0.3, 0.4) is 0 Å².